The van der Waals surface area contributed by atoms with Crippen LogP contribution in [0.4, 0.5) is 0 Å². The topological polar surface area (TPSA) is 50.4 Å². The molecule has 5 heteroatoms. The Balaban J connectivity index is 2.08. The van der Waals surface area contributed by atoms with Crippen LogP contribution < -0.4 is 11.1 Å². The average Bonchev–Trinajstić information content (AvgIpc) is 2.63. The fraction of sp³-hybridized carbons (Fsp3) is 0.545. The van der Waals surface area contributed by atoms with Gasteiger partial charge in [-0.1, -0.05) is 6.42 Å². The van der Waals surface area contributed by atoms with Gasteiger partial charge in [0.05, 0.1) is 3.79 Å². The molecule has 0 radical (unpaired) electrons. The van der Waals surface area contributed by atoms with E-state index in [9.17, 15) is 0 Å². The summed E-state index contributed by atoms with van der Waals surface area (Å²) in [5, 5.41) is 3.20. The van der Waals surface area contributed by atoms with Crippen molar-refractivity contribution in [1.82, 2.24) is 5.32 Å². The van der Waals surface area contributed by atoms with Gasteiger partial charge in [-0.05, 0) is 40.9 Å². The predicted octanol–water partition coefficient (Wildman–Crippen LogP) is 2.47. The van der Waals surface area contributed by atoms with E-state index in [-0.39, 0.29) is 5.41 Å². The first kappa shape index (κ1) is 11.9. The number of nitrogens with zero attached hydrogens (tertiary/aromatic N) is 1. The number of aliphatic imine (C=N–C) groups is 1. The highest BCUT2D eigenvalue weighted by molar-refractivity contribution is 9.11. The van der Waals surface area contributed by atoms with E-state index in [1.54, 1.807) is 7.05 Å². The normalized spacial score (nSPS) is 19.2. The van der Waals surface area contributed by atoms with Crippen LogP contribution in [0.5, 0.6) is 0 Å². The minimum atomic E-state index is 0.284. The molecule has 1 aliphatic rings. The maximum Gasteiger partial charge on any atom is 0.188 e. The second-order valence-corrected chi connectivity index (χ2v) is 6.66. The third-order valence-electron chi connectivity index (χ3n) is 3.26. The Morgan fingerprint density at radius 3 is 2.81 bits per heavy atom. The molecule has 1 fully saturated rings. The van der Waals surface area contributed by atoms with E-state index in [1.807, 2.05) is 11.3 Å². The maximum absolute atomic E-state index is 5.68. The Morgan fingerprint density at radius 2 is 2.38 bits per heavy atom. The summed E-state index contributed by atoms with van der Waals surface area (Å²) >= 11 is 5.35. The van der Waals surface area contributed by atoms with E-state index >= 15 is 0 Å². The minimum Gasteiger partial charge on any atom is -0.370 e. The molecule has 0 spiro atoms. The largest absolute Gasteiger partial charge is 0.370 e. The molecule has 1 aliphatic carbocycles. The van der Waals surface area contributed by atoms with Crippen molar-refractivity contribution >= 4 is 33.2 Å². The first-order valence-corrected chi connectivity index (χ1v) is 6.99. The van der Waals surface area contributed by atoms with Gasteiger partial charge in [0.1, 0.15) is 0 Å². The molecule has 1 aromatic rings. The van der Waals surface area contributed by atoms with Gasteiger partial charge >= 0.3 is 0 Å². The number of nitrogens with one attached hydrogen (secondary N) is 1. The number of hydrogen-bond donors (Lipinski definition) is 2. The number of halogens is 1. The third-order valence-corrected chi connectivity index (χ3v) is 5.13. The molecule has 3 N–H and O–H groups in total. The van der Waals surface area contributed by atoms with Crippen LogP contribution in [0.25, 0.3) is 0 Å². The summed E-state index contributed by atoms with van der Waals surface area (Å²) in [7, 11) is 1.71. The first-order valence-electron chi connectivity index (χ1n) is 5.38. The molecule has 0 aliphatic heterocycles. The van der Waals surface area contributed by atoms with Crippen LogP contribution in [-0.2, 0) is 5.41 Å². The highest BCUT2D eigenvalue weighted by atomic mass is 79.9. The van der Waals surface area contributed by atoms with Crippen LogP contribution in [0.3, 0.4) is 0 Å². The average molecular weight is 302 g/mol. The van der Waals surface area contributed by atoms with Crippen LogP contribution in [0.15, 0.2) is 20.9 Å². The standard InChI is InChI=1S/C11H16BrN3S/c1-14-10(13)15-7-11(5-2-6-11)8-3-4-9(12)16-8/h3-4H,2,5-7H2,1H3,(H3,13,14,15). The van der Waals surface area contributed by atoms with Crippen molar-refractivity contribution in [3.05, 3.63) is 20.8 Å². The van der Waals surface area contributed by atoms with Gasteiger partial charge in [-0.3, -0.25) is 4.99 Å². The van der Waals surface area contributed by atoms with Crippen LogP contribution in [-0.4, -0.2) is 19.6 Å². The summed E-state index contributed by atoms with van der Waals surface area (Å²) in [5.74, 6) is 0.530. The SMILES string of the molecule is CN=C(N)NCC1(c2ccc(Br)s2)CCC1. The number of hydrogen-bond acceptors (Lipinski definition) is 2. The maximum atomic E-state index is 5.68. The van der Waals surface area contributed by atoms with Gasteiger partial charge in [-0.2, -0.15) is 0 Å². The molecule has 88 valence electrons. The summed E-state index contributed by atoms with van der Waals surface area (Å²) in [5.41, 5.74) is 5.96. The third kappa shape index (κ3) is 2.25. The molecule has 1 saturated carbocycles. The molecule has 0 amide bonds. The van der Waals surface area contributed by atoms with Crippen molar-refractivity contribution < 1.29 is 0 Å². The van der Waals surface area contributed by atoms with Crippen molar-refractivity contribution in [3.8, 4) is 0 Å². The first-order chi connectivity index (χ1) is 7.66. The van der Waals surface area contributed by atoms with E-state index in [0.29, 0.717) is 5.96 Å². The van der Waals surface area contributed by atoms with Crippen molar-refractivity contribution in [3.63, 3.8) is 0 Å². The van der Waals surface area contributed by atoms with Gasteiger partial charge in [0.25, 0.3) is 0 Å². The van der Waals surface area contributed by atoms with Crippen LogP contribution >= 0.6 is 27.3 Å². The lowest BCUT2D eigenvalue weighted by Gasteiger charge is -2.41. The smallest absolute Gasteiger partial charge is 0.188 e. The van der Waals surface area contributed by atoms with Crippen molar-refractivity contribution in [2.45, 2.75) is 24.7 Å². The zero-order chi connectivity index (χ0) is 11.6. The monoisotopic (exact) mass is 301 g/mol. The van der Waals surface area contributed by atoms with Crippen molar-refractivity contribution in [2.75, 3.05) is 13.6 Å². The Kier molecular flexibility index (Phi) is 3.54. The molecule has 3 nitrogen and oxygen atoms in total. The van der Waals surface area contributed by atoms with Crippen LogP contribution in [0.2, 0.25) is 0 Å². The van der Waals surface area contributed by atoms with Crippen LogP contribution in [0, 0.1) is 0 Å². The summed E-state index contributed by atoms with van der Waals surface area (Å²) in [4.78, 5) is 5.37. The molecule has 0 bridgehead atoms. The second kappa shape index (κ2) is 4.75. The molecule has 0 saturated heterocycles. The summed E-state index contributed by atoms with van der Waals surface area (Å²) in [6, 6.07) is 4.34. The number of guanidine groups is 1. The molecule has 1 aromatic heterocycles. The fourth-order valence-electron chi connectivity index (χ4n) is 2.05. The molecule has 0 aromatic carbocycles. The Hall–Kier alpha value is -0.550. The molecule has 1 heterocycles. The predicted molar refractivity (Wildman–Crippen MR) is 73.1 cm³/mol. The Morgan fingerprint density at radius 1 is 1.62 bits per heavy atom. The van der Waals surface area contributed by atoms with Gasteiger partial charge in [0, 0.05) is 23.9 Å². The van der Waals surface area contributed by atoms with Gasteiger partial charge in [0.2, 0.25) is 0 Å². The quantitative estimate of drug-likeness (QED) is 0.665. The highest BCUT2D eigenvalue weighted by Gasteiger charge is 2.39. The lowest BCUT2D eigenvalue weighted by atomic mass is 9.68. The second-order valence-electron chi connectivity index (χ2n) is 4.20. The summed E-state index contributed by atoms with van der Waals surface area (Å²) in [6.07, 6.45) is 3.79. The van der Waals surface area contributed by atoms with Gasteiger partial charge in [0.15, 0.2) is 5.96 Å². The Bertz CT molecular complexity index is 396. The van der Waals surface area contributed by atoms with Gasteiger partial charge in [-0.25, -0.2) is 0 Å². The summed E-state index contributed by atoms with van der Waals surface area (Å²) in [6.45, 7) is 0.892. The van der Waals surface area contributed by atoms with Gasteiger partial charge < -0.3 is 11.1 Å². The van der Waals surface area contributed by atoms with E-state index < -0.39 is 0 Å². The molecule has 2 rings (SSSR count). The van der Waals surface area contributed by atoms with E-state index in [0.717, 1.165) is 6.54 Å². The fourth-order valence-corrected chi connectivity index (χ4v) is 3.68. The van der Waals surface area contributed by atoms with Gasteiger partial charge in [-0.15, -0.1) is 11.3 Å². The van der Waals surface area contributed by atoms with E-state index in [1.165, 1.54) is 27.9 Å². The highest BCUT2D eigenvalue weighted by Crippen LogP contribution is 2.46. The lowest BCUT2D eigenvalue weighted by Crippen LogP contribution is -2.47. The zero-order valence-electron chi connectivity index (χ0n) is 9.29. The number of thiophene rings is 1. The summed E-state index contributed by atoms with van der Waals surface area (Å²) < 4.78 is 1.20. The van der Waals surface area contributed by atoms with E-state index in [4.69, 9.17) is 5.73 Å². The molecule has 0 unspecified atom stereocenters. The zero-order valence-corrected chi connectivity index (χ0v) is 11.7. The van der Waals surface area contributed by atoms with Crippen molar-refractivity contribution in [2.24, 2.45) is 10.7 Å². The molecular weight excluding hydrogens is 286 g/mol. The van der Waals surface area contributed by atoms with E-state index in [2.05, 4.69) is 38.4 Å². The Labute approximate surface area is 108 Å². The number of rotatable bonds is 3. The molecular formula is C11H16BrN3S. The number of nitrogens with two attached hydrogens (primary N) is 1. The molecule has 0 atom stereocenters. The molecule has 16 heavy (non-hydrogen) atoms. The minimum absolute atomic E-state index is 0.284. The lowest BCUT2D eigenvalue weighted by molar-refractivity contribution is 0.249. The van der Waals surface area contributed by atoms with Crippen molar-refractivity contribution in [1.29, 1.82) is 0 Å². The van der Waals surface area contributed by atoms with Crippen LogP contribution in [0.1, 0.15) is 24.1 Å².